The Morgan fingerprint density at radius 2 is 1.48 bits per heavy atom. The molecule has 5 rings (SSSR count). The van der Waals surface area contributed by atoms with Crippen molar-refractivity contribution in [3.8, 4) is 23.5 Å². The molecule has 3 aromatic rings. The van der Waals surface area contributed by atoms with Crippen molar-refractivity contribution >= 4 is 18.5 Å². The number of hydrogen-bond acceptors (Lipinski definition) is 3. The molecule has 1 heterocycles. The fraction of sp³-hybridized carbons (Fsp3) is 0.323. The quantitative estimate of drug-likeness (QED) is 0.350. The Hall–Kier alpha value is -2.06. The van der Waals surface area contributed by atoms with Crippen LogP contribution in [-0.4, -0.2) is 55.7 Å². The number of rotatable bonds is 5. The van der Waals surface area contributed by atoms with Gasteiger partial charge in [-0.25, -0.2) is 4.79 Å². The van der Waals surface area contributed by atoms with E-state index in [0.29, 0.717) is 43.9 Å². The van der Waals surface area contributed by atoms with Gasteiger partial charge in [0, 0.05) is 44.2 Å². The Balaban J connectivity index is 0.00000370. The summed E-state index contributed by atoms with van der Waals surface area (Å²) in [5.41, 5.74) is 6.12. The topological polar surface area (TPSA) is 32.8 Å². The Labute approximate surface area is 276 Å². The minimum Gasteiger partial charge on any atom is -0.448 e. The molecule has 2 aliphatic rings. The van der Waals surface area contributed by atoms with Crippen molar-refractivity contribution in [1.29, 1.82) is 0 Å². The number of benzene rings is 3. The summed E-state index contributed by atoms with van der Waals surface area (Å²) < 4.78 is 47.6. The first-order chi connectivity index (χ1) is 18.6. The predicted molar refractivity (Wildman–Crippen MR) is 149 cm³/mol. The fourth-order valence-corrected chi connectivity index (χ4v) is 6.23. The number of amides is 1. The van der Waals surface area contributed by atoms with Gasteiger partial charge in [-0.1, -0.05) is 65.6 Å². The van der Waals surface area contributed by atoms with E-state index in [0.717, 1.165) is 16.7 Å². The summed E-state index contributed by atoms with van der Waals surface area (Å²) in [5, 5.41) is 0. The summed E-state index contributed by atoms with van der Waals surface area (Å²) in [6, 6.07) is 16.4. The Bertz CT molecular complexity index is 1430. The molecule has 40 heavy (non-hydrogen) atoms. The van der Waals surface area contributed by atoms with E-state index < -0.39 is 12.4 Å². The molecule has 202 valence electrons. The van der Waals surface area contributed by atoms with Crippen LogP contribution in [0, 0.1) is 33.1 Å². The molecule has 1 saturated heterocycles. The van der Waals surface area contributed by atoms with Crippen LogP contribution in [0.4, 0.5) is 17.7 Å². The maximum atomic E-state index is 13.9. The molecule has 1 aliphatic heterocycles. The number of fused-ring (bicyclic) bond motifs is 3. The van der Waals surface area contributed by atoms with Gasteiger partial charge in [0.2, 0.25) is 0 Å². The third-order valence-electron chi connectivity index (χ3n) is 8.28. The van der Waals surface area contributed by atoms with Gasteiger partial charge in [-0.05, 0) is 54.2 Å². The molecular weight excluding hydrogens is 539 g/mol. The monoisotopic (exact) mass is 570 g/mol. The van der Waals surface area contributed by atoms with Crippen LogP contribution >= 0.6 is 0 Å². The predicted octanol–water partition coefficient (Wildman–Crippen LogP) is 2.72. The Morgan fingerprint density at radius 3 is 2.00 bits per heavy atom. The van der Waals surface area contributed by atoms with Crippen molar-refractivity contribution in [3.05, 3.63) is 87.5 Å². The van der Waals surface area contributed by atoms with Crippen LogP contribution in [0.2, 0.25) is 0 Å². The molecule has 4 nitrogen and oxygen atoms in total. The second kappa shape index (κ2) is 12.4. The summed E-state index contributed by atoms with van der Waals surface area (Å²) in [4.78, 5) is 16.7. The molecule has 0 N–H and O–H groups in total. The van der Waals surface area contributed by atoms with Crippen molar-refractivity contribution in [3.63, 3.8) is 0 Å². The zero-order valence-corrected chi connectivity index (χ0v) is 26.6. The molecule has 1 fully saturated rings. The van der Waals surface area contributed by atoms with Gasteiger partial charge in [0.15, 0.2) is 0 Å². The molecule has 0 bridgehead atoms. The average molecular weight is 571 g/mol. The van der Waals surface area contributed by atoms with E-state index in [-0.39, 0.29) is 81.1 Å². The van der Waals surface area contributed by atoms with Crippen LogP contribution in [0.3, 0.4) is 0 Å². The van der Waals surface area contributed by atoms with E-state index in [1.54, 1.807) is 11.8 Å². The van der Waals surface area contributed by atoms with E-state index in [1.807, 2.05) is 24.3 Å². The van der Waals surface area contributed by atoms with E-state index in [9.17, 15) is 17.7 Å². The van der Waals surface area contributed by atoms with Crippen LogP contribution in [0.1, 0.15) is 44.9 Å². The number of nitrogens with zero attached hydrogens (tertiary/aromatic N) is 2. The summed E-state index contributed by atoms with van der Waals surface area (Å²) in [7, 11) is 0. The average Bonchev–Trinajstić information content (AvgIpc) is 3.23. The molecule has 0 unspecified atom stereocenters. The van der Waals surface area contributed by atoms with Gasteiger partial charge < -0.3 is 22.6 Å². The molecular formula is C31H31BF3KN2O2. The molecule has 0 radical (unpaired) electrons. The number of carbonyl (C=O) groups is 1. The number of halogens is 3. The number of piperazine rings is 1. The zero-order chi connectivity index (χ0) is 27.9. The zero-order valence-electron chi connectivity index (χ0n) is 23.4. The first-order valence-corrected chi connectivity index (χ1v) is 13.2. The van der Waals surface area contributed by atoms with Crippen molar-refractivity contribution in [2.45, 2.75) is 33.2 Å². The fourth-order valence-electron chi connectivity index (χ4n) is 6.23. The first kappa shape index (κ1) is 30.9. The maximum absolute atomic E-state index is 13.9. The van der Waals surface area contributed by atoms with Gasteiger partial charge in [-0.2, -0.15) is 0 Å². The molecule has 0 atom stereocenters. The van der Waals surface area contributed by atoms with Crippen molar-refractivity contribution in [2.75, 3.05) is 32.8 Å². The van der Waals surface area contributed by atoms with Crippen molar-refractivity contribution in [2.24, 2.45) is 0 Å². The van der Waals surface area contributed by atoms with E-state index in [1.165, 1.54) is 25.0 Å². The Kier molecular flexibility index (Phi) is 9.60. The molecule has 0 saturated carbocycles. The summed E-state index contributed by atoms with van der Waals surface area (Å²) in [6.07, 6.45) is 5.25. The summed E-state index contributed by atoms with van der Waals surface area (Å²) >= 11 is 0. The molecule has 3 aromatic carbocycles. The largest absolute Gasteiger partial charge is 1.00 e. The smallest absolute Gasteiger partial charge is 0.448 e. The van der Waals surface area contributed by atoms with Crippen molar-refractivity contribution < 1.29 is 73.9 Å². The van der Waals surface area contributed by atoms with E-state index in [4.69, 9.17) is 11.2 Å². The number of terminal acetylenes is 1. The summed E-state index contributed by atoms with van der Waals surface area (Å²) in [6.45, 7) is 2.16. The molecule has 0 aromatic heterocycles. The van der Waals surface area contributed by atoms with Crippen LogP contribution in [0.15, 0.2) is 48.5 Å². The number of ether oxygens (including phenoxy) is 1. The van der Waals surface area contributed by atoms with Gasteiger partial charge in [0.05, 0.1) is 0 Å². The third kappa shape index (κ3) is 5.81. The minimum atomic E-state index is -5.19. The second-order valence-electron chi connectivity index (χ2n) is 10.4. The molecule has 1 aliphatic carbocycles. The number of carbonyl (C=O) groups excluding carboxylic acids is 1. The minimum absolute atomic E-state index is 0. The Morgan fingerprint density at radius 1 is 0.925 bits per heavy atom. The van der Waals surface area contributed by atoms with E-state index >= 15 is 0 Å². The van der Waals surface area contributed by atoms with Gasteiger partial charge in [0.25, 0.3) is 0 Å². The van der Waals surface area contributed by atoms with E-state index in [2.05, 4.69) is 35.1 Å². The standard InChI is InChI=1S/C31H31BF3N2O2.K/c1-5-23-20(2)28(22(4)30(21(23)3)32(33,34)35)18-36-14-16-37(17-15-36)31(38)39-19-29-26-12-8-6-10-24(26)25-11-7-9-13-27(25)29;/h1,6-13,29H,14-19H2,2-4H3;/q-1;+1. The van der Waals surface area contributed by atoms with Crippen LogP contribution in [-0.2, 0) is 11.3 Å². The number of hydrogen-bond donors (Lipinski definition) is 0. The van der Waals surface area contributed by atoms with Gasteiger partial charge in [-0.3, -0.25) is 4.90 Å². The van der Waals surface area contributed by atoms with Gasteiger partial charge in [0.1, 0.15) is 6.61 Å². The third-order valence-corrected chi connectivity index (χ3v) is 8.28. The van der Waals surface area contributed by atoms with Gasteiger partial charge in [-0.15, -0.1) is 11.9 Å². The first-order valence-electron chi connectivity index (χ1n) is 13.2. The van der Waals surface area contributed by atoms with Crippen LogP contribution in [0.5, 0.6) is 0 Å². The van der Waals surface area contributed by atoms with Crippen molar-refractivity contribution in [1.82, 2.24) is 9.80 Å². The van der Waals surface area contributed by atoms with Crippen LogP contribution in [0.25, 0.3) is 11.1 Å². The van der Waals surface area contributed by atoms with Crippen LogP contribution < -0.4 is 56.8 Å². The second-order valence-corrected chi connectivity index (χ2v) is 10.4. The molecule has 0 spiro atoms. The normalized spacial score (nSPS) is 15.2. The maximum Gasteiger partial charge on any atom is 1.00 e. The SMILES string of the molecule is C#Cc1c(C)c(CN2CCN(C(=O)OCC3c4ccccc4-c4ccccc43)CC2)c(C)c([B-](F)(F)F)c1C.[K+]. The molecule has 1 amide bonds. The summed E-state index contributed by atoms with van der Waals surface area (Å²) in [5.74, 6) is 2.47. The molecule has 9 heteroatoms. The van der Waals surface area contributed by atoms with Gasteiger partial charge >= 0.3 is 64.5 Å².